The Morgan fingerprint density at radius 2 is 1.81 bits per heavy atom. The van der Waals surface area contributed by atoms with Gasteiger partial charge in [0.1, 0.15) is 0 Å². The highest BCUT2D eigenvalue weighted by molar-refractivity contribution is 7.92. The van der Waals surface area contributed by atoms with Crippen LogP contribution in [-0.4, -0.2) is 18.5 Å². The molecule has 1 heterocycles. The van der Waals surface area contributed by atoms with Crippen LogP contribution in [0.15, 0.2) is 53.4 Å². The highest BCUT2D eigenvalue weighted by Crippen LogP contribution is 2.28. The van der Waals surface area contributed by atoms with Gasteiger partial charge in [-0.05, 0) is 30.3 Å². The van der Waals surface area contributed by atoms with Gasteiger partial charge in [0, 0.05) is 16.5 Å². The molecule has 0 saturated heterocycles. The Morgan fingerprint density at radius 3 is 2.52 bits per heavy atom. The Morgan fingerprint density at radius 1 is 1.10 bits per heavy atom. The third kappa shape index (κ3) is 2.68. The second-order valence-corrected chi connectivity index (χ2v) is 6.60. The lowest BCUT2D eigenvalue weighted by Crippen LogP contribution is -2.13. The number of hydrogen-bond acceptors (Lipinski definition) is 3. The van der Waals surface area contributed by atoms with E-state index in [2.05, 4.69) is 9.71 Å². The van der Waals surface area contributed by atoms with Gasteiger partial charge in [-0.15, -0.1) is 0 Å². The molecule has 3 N–H and O–H groups in total. The molecule has 0 aliphatic rings. The number of benzene rings is 2. The van der Waals surface area contributed by atoms with E-state index in [0.29, 0.717) is 21.6 Å². The number of aromatic amines is 1. The normalized spacial score (nSPS) is 11.7. The smallest absolute Gasteiger partial charge is 0.261 e. The van der Waals surface area contributed by atoms with Crippen molar-refractivity contribution in [2.45, 2.75) is 4.90 Å². The molecule has 0 aliphatic carbocycles. The van der Waals surface area contributed by atoms with Crippen molar-refractivity contribution in [2.24, 2.45) is 0 Å². The van der Waals surface area contributed by atoms with E-state index >= 15 is 0 Å². The summed E-state index contributed by atoms with van der Waals surface area (Å²) in [5.74, 6) is -0.0249. The van der Waals surface area contributed by atoms with E-state index in [-0.39, 0.29) is 10.8 Å². The largest absolute Gasteiger partial charge is 0.495 e. The molecule has 21 heavy (non-hydrogen) atoms. The molecule has 2 aromatic carbocycles. The Labute approximate surface area is 126 Å². The molecular formula is C14H11ClN2O3S. The van der Waals surface area contributed by atoms with Gasteiger partial charge in [0.15, 0.2) is 5.88 Å². The minimum atomic E-state index is -3.72. The lowest BCUT2D eigenvalue weighted by molar-refractivity contribution is 0.458. The molecular weight excluding hydrogens is 312 g/mol. The SMILES string of the molecule is O=S(=O)(Nc1cccc2cc(O)[nH]c12)c1ccc(Cl)cc1. The summed E-state index contributed by atoms with van der Waals surface area (Å²) in [5.41, 5.74) is 0.885. The minimum Gasteiger partial charge on any atom is -0.495 e. The average molecular weight is 323 g/mol. The predicted molar refractivity (Wildman–Crippen MR) is 82.2 cm³/mol. The molecule has 7 heteroatoms. The van der Waals surface area contributed by atoms with E-state index in [4.69, 9.17) is 11.6 Å². The molecule has 0 spiro atoms. The number of aromatic nitrogens is 1. The first-order valence-electron chi connectivity index (χ1n) is 6.05. The maximum atomic E-state index is 12.3. The first-order chi connectivity index (χ1) is 9.95. The number of anilines is 1. The topological polar surface area (TPSA) is 82.2 Å². The Balaban J connectivity index is 2.03. The van der Waals surface area contributed by atoms with Gasteiger partial charge in [-0.3, -0.25) is 4.72 Å². The summed E-state index contributed by atoms with van der Waals surface area (Å²) in [6.07, 6.45) is 0. The van der Waals surface area contributed by atoms with E-state index in [0.717, 1.165) is 0 Å². The molecule has 0 amide bonds. The molecule has 1 aromatic heterocycles. The first-order valence-corrected chi connectivity index (χ1v) is 7.91. The van der Waals surface area contributed by atoms with Crippen LogP contribution in [-0.2, 0) is 10.0 Å². The lowest BCUT2D eigenvalue weighted by atomic mass is 10.2. The third-order valence-corrected chi connectivity index (χ3v) is 4.64. The molecule has 0 radical (unpaired) electrons. The molecule has 0 atom stereocenters. The van der Waals surface area contributed by atoms with Crippen molar-refractivity contribution in [3.05, 3.63) is 53.6 Å². The van der Waals surface area contributed by atoms with Crippen molar-refractivity contribution in [1.29, 1.82) is 0 Å². The summed E-state index contributed by atoms with van der Waals surface area (Å²) in [7, 11) is -3.72. The van der Waals surface area contributed by atoms with Crippen molar-refractivity contribution in [3.8, 4) is 5.88 Å². The number of nitrogens with one attached hydrogen (secondary N) is 2. The van der Waals surface area contributed by atoms with Gasteiger partial charge >= 0.3 is 0 Å². The number of H-pyrrole nitrogens is 1. The standard InChI is InChI=1S/C14H11ClN2O3S/c15-10-4-6-11(7-5-10)21(19,20)17-12-3-1-2-9-8-13(18)16-14(9)12/h1-8,16-18H. The Kier molecular flexibility index (Phi) is 3.27. The molecule has 0 bridgehead atoms. The fourth-order valence-electron chi connectivity index (χ4n) is 2.04. The van der Waals surface area contributed by atoms with Gasteiger partial charge in [-0.2, -0.15) is 0 Å². The zero-order chi connectivity index (χ0) is 15.0. The van der Waals surface area contributed by atoms with Crippen molar-refractivity contribution in [1.82, 2.24) is 4.98 Å². The van der Waals surface area contributed by atoms with Crippen LogP contribution in [0, 0.1) is 0 Å². The number of sulfonamides is 1. The zero-order valence-electron chi connectivity index (χ0n) is 10.7. The fourth-order valence-corrected chi connectivity index (χ4v) is 3.24. The minimum absolute atomic E-state index is 0.0249. The molecule has 108 valence electrons. The van der Waals surface area contributed by atoms with Crippen LogP contribution in [0.2, 0.25) is 5.02 Å². The number of hydrogen-bond donors (Lipinski definition) is 3. The Bertz CT molecular complexity index is 902. The molecule has 3 aromatic rings. The predicted octanol–water partition coefficient (Wildman–Crippen LogP) is 3.33. The maximum Gasteiger partial charge on any atom is 0.261 e. The summed E-state index contributed by atoms with van der Waals surface area (Å²) >= 11 is 5.75. The molecule has 5 nitrogen and oxygen atoms in total. The number of aromatic hydroxyl groups is 1. The Hall–Kier alpha value is -2.18. The van der Waals surface area contributed by atoms with Gasteiger partial charge in [0.2, 0.25) is 0 Å². The third-order valence-electron chi connectivity index (χ3n) is 3.01. The summed E-state index contributed by atoms with van der Waals surface area (Å²) in [4.78, 5) is 2.83. The van der Waals surface area contributed by atoms with Gasteiger partial charge in [-0.1, -0.05) is 23.7 Å². The van der Waals surface area contributed by atoms with E-state index in [1.54, 1.807) is 18.2 Å². The monoisotopic (exact) mass is 322 g/mol. The number of rotatable bonds is 3. The lowest BCUT2D eigenvalue weighted by Gasteiger charge is -2.09. The van der Waals surface area contributed by atoms with Crippen molar-refractivity contribution >= 4 is 38.2 Å². The van der Waals surface area contributed by atoms with E-state index in [1.165, 1.54) is 30.3 Å². The molecule has 3 rings (SSSR count). The van der Waals surface area contributed by atoms with Crippen molar-refractivity contribution in [2.75, 3.05) is 4.72 Å². The van der Waals surface area contributed by atoms with E-state index in [1.807, 2.05) is 0 Å². The first kappa shape index (κ1) is 13.8. The summed E-state index contributed by atoms with van der Waals surface area (Å²) in [6.45, 7) is 0. The van der Waals surface area contributed by atoms with Crippen LogP contribution in [0.5, 0.6) is 5.88 Å². The van der Waals surface area contributed by atoms with Gasteiger partial charge in [-0.25, -0.2) is 8.42 Å². The van der Waals surface area contributed by atoms with Crippen LogP contribution in [0.1, 0.15) is 0 Å². The van der Waals surface area contributed by atoms with Gasteiger partial charge in [0.25, 0.3) is 10.0 Å². The average Bonchev–Trinajstić information content (AvgIpc) is 2.80. The maximum absolute atomic E-state index is 12.3. The number of halogens is 1. The van der Waals surface area contributed by atoms with Gasteiger partial charge < -0.3 is 10.1 Å². The summed E-state index contributed by atoms with van der Waals surface area (Å²) in [5, 5.41) is 10.7. The fraction of sp³-hybridized carbons (Fsp3) is 0. The highest BCUT2D eigenvalue weighted by atomic mass is 35.5. The zero-order valence-corrected chi connectivity index (χ0v) is 12.2. The van der Waals surface area contributed by atoms with Crippen LogP contribution in [0.3, 0.4) is 0 Å². The molecule has 0 unspecified atom stereocenters. The molecule has 0 saturated carbocycles. The summed E-state index contributed by atoms with van der Waals surface area (Å²) in [6, 6.07) is 12.5. The summed E-state index contributed by atoms with van der Waals surface area (Å²) < 4.78 is 27.2. The van der Waals surface area contributed by atoms with E-state index in [9.17, 15) is 13.5 Å². The van der Waals surface area contributed by atoms with Crippen LogP contribution in [0.4, 0.5) is 5.69 Å². The number of para-hydroxylation sites is 1. The molecule has 0 fully saturated rings. The highest BCUT2D eigenvalue weighted by Gasteiger charge is 2.16. The van der Waals surface area contributed by atoms with Crippen molar-refractivity contribution < 1.29 is 13.5 Å². The van der Waals surface area contributed by atoms with Crippen LogP contribution < -0.4 is 4.72 Å². The van der Waals surface area contributed by atoms with Gasteiger partial charge in [0.05, 0.1) is 16.1 Å². The number of fused-ring (bicyclic) bond motifs is 1. The molecule has 0 aliphatic heterocycles. The quantitative estimate of drug-likeness (QED) is 0.691. The second-order valence-electron chi connectivity index (χ2n) is 4.48. The van der Waals surface area contributed by atoms with Crippen molar-refractivity contribution in [3.63, 3.8) is 0 Å². The van der Waals surface area contributed by atoms with E-state index < -0.39 is 10.0 Å². The van der Waals surface area contributed by atoms with Crippen LogP contribution in [0.25, 0.3) is 10.9 Å². The second kappa shape index (κ2) is 4.98. The van der Waals surface area contributed by atoms with Crippen LogP contribution >= 0.6 is 11.6 Å².